The Bertz CT molecular complexity index is 217. The van der Waals surface area contributed by atoms with Gasteiger partial charge in [0.15, 0.2) is 0 Å². The van der Waals surface area contributed by atoms with Crippen LogP contribution in [0.5, 0.6) is 0 Å². The molecule has 15 heavy (non-hydrogen) atoms. The van der Waals surface area contributed by atoms with Crippen LogP contribution in [0.15, 0.2) is 11.8 Å². The summed E-state index contributed by atoms with van der Waals surface area (Å²) in [5.41, 5.74) is 1.82. The van der Waals surface area contributed by atoms with Gasteiger partial charge in [0.25, 0.3) is 0 Å². The van der Waals surface area contributed by atoms with Crippen LogP contribution in [-0.2, 0) is 0 Å². The van der Waals surface area contributed by atoms with Gasteiger partial charge in [-0.1, -0.05) is 34.1 Å². The average Bonchev–Trinajstić information content (AvgIpc) is 2.14. The number of allylic oxidation sites excluding steroid dienone is 2. The van der Waals surface area contributed by atoms with Crippen molar-refractivity contribution in [3.05, 3.63) is 11.8 Å². The minimum atomic E-state index is 0.469. The zero-order valence-corrected chi connectivity index (χ0v) is 10.9. The Morgan fingerprint density at radius 2 is 1.93 bits per heavy atom. The lowest BCUT2D eigenvalue weighted by atomic mass is 10.0. The van der Waals surface area contributed by atoms with Gasteiger partial charge in [0.05, 0.1) is 0 Å². The van der Waals surface area contributed by atoms with Crippen molar-refractivity contribution in [2.24, 2.45) is 5.92 Å². The number of hydrogen-bond acceptors (Lipinski definition) is 2. The maximum absolute atomic E-state index is 7.50. The van der Waals surface area contributed by atoms with Gasteiger partial charge >= 0.3 is 0 Å². The average molecular weight is 210 g/mol. The molecule has 0 heterocycles. The molecule has 0 saturated carbocycles. The zero-order chi connectivity index (χ0) is 11.8. The summed E-state index contributed by atoms with van der Waals surface area (Å²) in [7, 11) is 0. The van der Waals surface area contributed by atoms with Crippen LogP contribution in [-0.4, -0.2) is 11.8 Å². The predicted octanol–water partition coefficient (Wildman–Crippen LogP) is 3.73. The van der Waals surface area contributed by atoms with Crippen LogP contribution in [0.4, 0.5) is 0 Å². The van der Waals surface area contributed by atoms with Crippen LogP contribution in [0.25, 0.3) is 0 Å². The van der Waals surface area contributed by atoms with Gasteiger partial charge in [-0.15, -0.1) is 0 Å². The summed E-state index contributed by atoms with van der Waals surface area (Å²) in [5.74, 6) is 0.469. The van der Waals surface area contributed by atoms with Crippen molar-refractivity contribution in [2.75, 3.05) is 0 Å². The van der Waals surface area contributed by atoms with E-state index in [2.05, 4.69) is 33.0 Å². The fraction of sp³-hybridized carbons (Fsp3) is 0.769. The first-order valence-electron chi connectivity index (χ1n) is 6.04. The quantitative estimate of drug-likeness (QED) is 0.617. The monoisotopic (exact) mass is 210 g/mol. The first-order valence-corrected chi connectivity index (χ1v) is 6.04. The second-order valence-electron chi connectivity index (χ2n) is 4.48. The standard InChI is InChI=1S/C13H26N2/c1-6-8-12(7-2)15-13(10(3)4)9-11(5)14/h9-10,12,14-15H,6-8H2,1-5H3/b13-9-,14-11?. The molecule has 1 unspecified atom stereocenters. The fourth-order valence-electron chi connectivity index (χ4n) is 1.57. The SMILES string of the molecule is CCCC(CC)N/C(=C\C(C)=N)C(C)C. The highest BCUT2D eigenvalue weighted by Gasteiger charge is 2.09. The summed E-state index contributed by atoms with van der Waals surface area (Å²) in [4.78, 5) is 0. The van der Waals surface area contributed by atoms with Crippen molar-refractivity contribution < 1.29 is 0 Å². The molecular formula is C13H26N2. The highest BCUT2D eigenvalue weighted by atomic mass is 14.9. The van der Waals surface area contributed by atoms with Gasteiger partial charge < -0.3 is 10.7 Å². The molecule has 0 saturated heterocycles. The van der Waals surface area contributed by atoms with E-state index in [1.54, 1.807) is 0 Å². The van der Waals surface area contributed by atoms with Crippen LogP contribution >= 0.6 is 0 Å². The molecule has 0 spiro atoms. The summed E-state index contributed by atoms with van der Waals surface area (Å²) in [6.45, 7) is 10.6. The Morgan fingerprint density at radius 3 is 2.27 bits per heavy atom. The minimum Gasteiger partial charge on any atom is -0.385 e. The summed E-state index contributed by atoms with van der Waals surface area (Å²) in [6, 6.07) is 0.558. The molecule has 0 aromatic rings. The van der Waals surface area contributed by atoms with Crippen molar-refractivity contribution in [2.45, 2.75) is 59.9 Å². The molecule has 0 bridgehead atoms. The van der Waals surface area contributed by atoms with Crippen molar-refractivity contribution in [1.82, 2.24) is 5.32 Å². The largest absolute Gasteiger partial charge is 0.385 e. The van der Waals surface area contributed by atoms with E-state index >= 15 is 0 Å². The molecule has 0 aliphatic rings. The molecule has 0 aromatic carbocycles. The fourth-order valence-corrected chi connectivity index (χ4v) is 1.57. The molecule has 0 amide bonds. The lowest BCUT2D eigenvalue weighted by Crippen LogP contribution is -2.30. The second-order valence-corrected chi connectivity index (χ2v) is 4.48. The smallest absolute Gasteiger partial charge is 0.0300 e. The molecule has 0 fully saturated rings. The predicted molar refractivity (Wildman–Crippen MR) is 68.4 cm³/mol. The summed E-state index contributed by atoms with van der Waals surface area (Å²) >= 11 is 0. The van der Waals surface area contributed by atoms with E-state index in [4.69, 9.17) is 5.41 Å². The molecular weight excluding hydrogens is 184 g/mol. The van der Waals surface area contributed by atoms with Gasteiger partial charge in [-0.3, -0.25) is 0 Å². The van der Waals surface area contributed by atoms with Crippen molar-refractivity contribution in [3.63, 3.8) is 0 Å². The zero-order valence-electron chi connectivity index (χ0n) is 10.9. The molecule has 0 aliphatic heterocycles. The first kappa shape index (κ1) is 14.2. The molecule has 1 atom stereocenters. The van der Waals surface area contributed by atoms with E-state index in [0.717, 1.165) is 6.42 Å². The number of nitrogens with one attached hydrogen (secondary N) is 2. The normalized spacial score (nSPS) is 14.1. The molecule has 0 rings (SSSR count). The molecule has 0 aromatic heterocycles. The lowest BCUT2D eigenvalue weighted by molar-refractivity contribution is 0.479. The molecule has 0 aliphatic carbocycles. The topological polar surface area (TPSA) is 35.9 Å². The van der Waals surface area contributed by atoms with E-state index in [0.29, 0.717) is 17.7 Å². The Kier molecular flexibility index (Phi) is 7.10. The molecule has 2 N–H and O–H groups in total. The molecule has 2 nitrogen and oxygen atoms in total. The molecule has 0 radical (unpaired) electrons. The van der Waals surface area contributed by atoms with E-state index in [-0.39, 0.29) is 0 Å². The first-order chi connectivity index (χ1) is 7.01. The van der Waals surface area contributed by atoms with Crippen molar-refractivity contribution in [3.8, 4) is 0 Å². The van der Waals surface area contributed by atoms with Crippen LogP contribution in [0.1, 0.15) is 53.9 Å². The van der Waals surface area contributed by atoms with E-state index < -0.39 is 0 Å². The summed E-state index contributed by atoms with van der Waals surface area (Å²) in [6.07, 6.45) is 5.51. The maximum atomic E-state index is 7.50. The van der Waals surface area contributed by atoms with Gasteiger partial charge in [-0.2, -0.15) is 0 Å². The lowest BCUT2D eigenvalue weighted by Gasteiger charge is -2.22. The van der Waals surface area contributed by atoms with Crippen LogP contribution in [0.2, 0.25) is 0 Å². The minimum absolute atomic E-state index is 0.469. The van der Waals surface area contributed by atoms with Gasteiger partial charge in [-0.05, 0) is 31.8 Å². The summed E-state index contributed by atoms with van der Waals surface area (Å²) in [5, 5.41) is 11.1. The van der Waals surface area contributed by atoms with Gasteiger partial charge in [0, 0.05) is 17.5 Å². The van der Waals surface area contributed by atoms with Gasteiger partial charge in [0.1, 0.15) is 0 Å². The Labute approximate surface area is 94.7 Å². The number of hydrogen-bond donors (Lipinski definition) is 2. The van der Waals surface area contributed by atoms with Crippen molar-refractivity contribution in [1.29, 1.82) is 5.41 Å². The summed E-state index contributed by atoms with van der Waals surface area (Å²) < 4.78 is 0. The van der Waals surface area contributed by atoms with Crippen molar-refractivity contribution >= 4 is 5.71 Å². The third-order valence-corrected chi connectivity index (χ3v) is 2.49. The third-order valence-electron chi connectivity index (χ3n) is 2.49. The van der Waals surface area contributed by atoms with Crippen LogP contribution in [0.3, 0.4) is 0 Å². The van der Waals surface area contributed by atoms with E-state index in [1.807, 2.05) is 13.0 Å². The van der Waals surface area contributed by atoms with E-state index in [1.165, 1.54) is 18.5 Å². The Morgan fingerprint density at radius 1 is 1.33 bits per heavy atom. The highest BCUT2D eigenvalue weighted by molar-refractivity contribution is 5.90. The highest BCUT2D eigenvalue weighted by Crippen LogP contribution is 2.11. The number of rotatable bonds is 7. The van der Waals surface area contributed by atoms with Gasteiger partial charge in [-0.25, -0.2) is 0 Å². The van der Waals surface area contributed by atoms with Crippen LogP contribution < -0.4 is 5.32 Å². The van der Waals surface area contributed by atoms with Crippen LogP contribution in [0, 0.1) is 11.3 Å². The molecule has 2 heteroatoms. The molecule has 88 valence electrons. The van der Waals surface area contributed by atoms with E-state index in [9.17, 15) is 0 Å². The Balaban J connectivity index is 4.45. The maximum Gasteiger partial charge on any atom is 0.0300 e. The van der Waals surface area contributed by atoms with Gasteiger partial charge in [0.2, 0.25) is 0 Å². The Hall–Kier alpha value is -0.790. The second kappa shape index (κ2) is 7.49. The third kappa shape index (κ3) is 6.32.